The molecule has 6 heteroatoms. The molecule has 108 valence electrons. The van der Waals surface area contributed by atoms with Crippen molar-refractivity contribution in [3.63, 3.8) is 0 Å². The van der Waals surface area contributed by atoms with E-state index >= 15 is 0 Å². The average molecular weight is 298 g/mol. The Morgan fingerprint density at radius 3 is 2.44 bits per heavy atom. The van der Waals surface area contributed by atoms with Gasteiger partial charge in [0.05, 0.1) is 18.1 Å². The number of hydrogen-bond acceptors (Lipinski definition) is 4. The van der Waals surface area contributed by atoms with Crippen molar-refractivity contribution in [2.75, 3.05) is 24.7 Å². The van der Waals surface area contributed by atoms with Crippen LogP contribution in [0.1, 0.15) is 33.6 Å². The van der Waals surface area contributed by atoms with Crippen LogP contribution in [-0.4, -0.2) is 38.8 Å². The van der Waals surface area contributed by atoms with Crippen LogP contribution in [0.2, 0.25) is 0 Å². The van der Waals surface area contributed by atoms with E-state index in [2.05, 4.69) is 19.2 Å². The fourth-order valence-corrected chi connectivity index (χ4v) is 4.45. The van der Waals surface area contributed by atoms with Gasteiger partial charge in [0.2, 0.25) is 0 Å². The molecule has 1 N–H and O–H groups in total. The van der Waals surface area contributed by atoms with Crippen LogP contribution in [0.25, 0.3) is 0 Å². The zero-order valence-electron chi connectivity index (χ0n) is 11.4. The number of halogens is 1. The van der Waals surface area contributed by atoms with Gasteiger partial charge in [-0.05, 0) is 19.8 Å². The molecule has 0 spiro atoms. The van der Waals surface area contributed by atoms with Gasteiger partial charge in [0.1, 0.15) is 5.72 Å². The van der Waals surface area contributed by atoms with Gasteiger partial charge in [-0.2, -0.15) is 0 Å². The molecule has 2 saturated heterocycles. The van der Waals surface area contributed by atoms with E-state index in [1.807, 2.05) is 6.92 Å². The van der Waals surface area contributed by atoms with Gasteiger partial charge in [-0.1, -0.05) is 13.8 Å². The van der Waals surface area contributed by atoms with Gasteiger partial charge in [-0.25, -0.2) is 8.42 Å². The first-order valence-electron chi connectivity index (χ1n) is 6.32. The summed E-state index contributed by atoms with van der Waals surface area (Å²) in [5, 5.41) is 3.41. The van der Waals surface area contributed by atoms with Crippen molar-refractivity contribution in [1.29, 1.82) is 0 Å². The van der Waals surface area contributed by atoms with Crippen LogP contribution in [0.3, 0.4) is 0 Å². The Kier molecular flexibility index (Phi) is 4.75. The number of ether oxygens (including phenoxy) is 1. The highest BCUT2D eigenvalue weighted by atomic mass is 35.5. The van der Waals surface area contributed by atoms with Gasteiger partial charge in [-0.3, -0.25) is 5.32 Å². The molecule has 2 heterocycles. The van der Waals surface area contributed by atoms with Crippen LogP contribution in [0.4, 0.5) is 0 Å². The summed E-state index contributed by atoms with van der Waals surface area (Å²) in [6.07, 6.45) is 1.69. The molecule has 2 aliphatic heterocycles. The lowest BCUT2D eigenvalue weighted by Crippen LogP contribution is -2.61. The molecule has 2 atom stereocenters. The second-order valence-corrected chi connectivity index (χ2v) is 8.60. The van der Waals surface area contributed by atoms with Crippen molar-refractivity contribution in [3.05, 3.63) is 0 Å². The minimum Gasteiger partial charge on any atom is -0.360 e. The van der Waals surface area contributed by atoms with Gasteiger partial charge in [0, 0.05) is 17.9 Å². The summed E-state index contributed by atoms with van der Waals surface area (Å²) in [5.41, 5.74) is -0.337. The monoisotopic (exact) mass is 297 g/mol. The lowest BCUT2D eigenvalue weighted by molar-refractivity contribution is -0.154. The third-order valence-corrected chi connectivity index (χ3v) is 5.74. The second-order valence-electron chi connectivity index (χ2n) is 6.37. The molecule has 2 rings (SSSR count). The molecule has 0 bridgehead atoms. The predicted molar refractivity (Wildman–Crippen MR) is 74.8 cm³/mol. The maximum atomic E-state index is 11.7. The SMILES string of the molecule is CC1(C)CNC(C)(C2CCCS(=O)(=O)C2)OC1.Cl. The summed E-state index contributed by atoms with van der Waals surface area (Å²) in [6, 6.07) is 0. The van der Waals surface area contributed by atoms with Crippen molar-refractivity contribution in [2.24, 2.45) is 11.3 Å². The van der Waals surface area contributed by atoms with E-state index in [0.29, 0.717) is 12.4 Å². The molecule has 18 heavy (non-hydrogen) atoms. The van der Waals surface area contributed by atoms with Gasteiger partial charge >= 0.3 is 0 Å². The van der Waals surface area contributed by atoms with E-state index in [1.54, 1.807) is 0 Å². The maximum Gasteiger partial charge on any atom is 0.150 e. The highest BCUT2D eigenvalue weighted by Gasteiger charge is 2.44. The molecular formula is C12H24ClNO3S. The quantitative estimate of drug-likeness (QED) is 0.799. The van der Waals surface area contributed by atoms with E-state index in [9.17, 15) is 8.42 Å². The Hall–Kier alpha value is 0.160. The molecule has 0 amide bonds. The van der Waals surface area contributed by atoms with E-state index in [4.69, 9.17) is 4.74 Å². The van der Waals surface area contributed by atoms with Crippen molar-refractivity contribution < 1.29 is 13.2 Å². The summed E-state index contributed by atoms with van der Waals surface area (Å²) < 4.78 is 29.3. The molecule has 0 aromatic carbocycles. The Bertz CT molecular complexity index is 384. The summed E-state index contributed by atoms with van der Waals surface area (Å²) >= 11 is 0. The topological polar surface area (TPSA) is 55.4 Å². The largest absolute Gasteiger partial charge is 0.360 e. The first kappa shape index (κ1) is 16.2. The minimum atomic E-state index is -2.87. The van der Waals surface area contributed by atoms with Crippen LogP contribution in [0, 0.1) is 11.3 Å². The van der Waals surface area contributed by atoms with Crippen LogP contribution < -0.4 is 5.32 Å². The van der Waals surface area contributed by atoms with Gasteiger partial charge in [-0.15, -0.1) is 12.4 Å². The average Bonchev–Trinajstić information content (AvgIpc) is 2.22. The lowest BCUT2D eigenvalue weighted by atomic mass is 9.87. The van der Waals surface area contributed by atoms with E-state index in [1.165, 1.54) is 0 Å². The van der Waals surface area contributed by atoms with Gasteiger partial charge in [0.25, 0.3) is 0 Å². The highest BCUT2D eigenvalue weighted by Crippen LogP contribution is 2.34. The van der Waals surface area contributed by atoms with Crippen LogP contribution in [0.5, 0.6) is 0 Å². The number of rotatable bonds is 1. The number of nitrogens with one attached hydrogen (secondary N) is 1. The second kappa shape index (κ2) is 5.27. The fraction of sp³-hybridized carbons (Fsp3) is 1.00. The molecule has 0 aromatic rings. The molecular weight excluding hydrogens is 274 g/mol. The molecule has 0 aromatic heterocycles. The first-order chi connectivity index (χ1) is 7.73. The Labute approximate surface area is 116 Å². The third kappa shape index (κ3) is 3.59. The number of hydrogen-bond donors (Lipinski definition) is 1. The fourth-order valence-electron chi connectivity index (χ4n) is 2.58. The molecule has 0 saturated carbocycles. The standard InChI is InChI=1S/C12H23NO3S.ClH/c1-11(2)8-13-12(3,16-9-11)10-5-4-6-17(14,15)7-10;/h10,13H,4-9H2,1-3H3;1H. The Morgan fingerprint density at radius 1 is 1.28 bits per heavy atom. The molecule has 4 nitrogen and oxygen atoms in total. The zero-order chi connectivity index (χ0) is 12.7. The van der Waals surface area contributed by atoms with Crippen LogP contribution in [0.15, 0.2) is 0 Å². The normalized spacial score (nSPS) is 38.7. The van der Waals surface area contributed by atoms with Crippen molar-refractivity contribution in [3.8, 4) is 0 Å². The maximum absolute atomic E-state index is 11.7. The molecule has 0 aliphatic carbocycles. The molecule has 2 aliphatic rings. The summed E-state index contributed by atoms with van der Waals surface area (Å²) in [4.78, 5) is 0. The van der Waals surface area contributed by atoms with E-state index < -0.39 is 15.6 Å². The summed E-state index contributed by atoms with van der Waals surface area (Å²) in [5.74, 6) is 0.680. The Morgan fingerprint density at radius 2 is 1.94 bits per heavy atom. The Balaban J connectivity index is 0.00000162. The van der Waals surface area contributed by atoms with Crippen molar-refractivity contribution in [1.82, 2.24) is 5.32 Å². The lowest BCUT2D eigenvalue weighted by Gasteiger charge is -2.47. The van der Waals surface area contributed by atoms with Crippen LogP contribution >= 0.6 is 12.4 Å². The molecule has 2 fully saturated rings. The summed E-state index contributed by atoms with van der Waals surface area (Å²) in [6.45, 7) is 7.86. The first-order valence-corrected chi connectivity index (χ1v) is 8.14. The van der Waals surface area contributed by atoms with Crippen LogP contribution in [-0.2, 0) is 14.6 Å². The predicted octanol–water partition coefficient (Wildman–Crippen LogP) is 1.60. The van der Waals surface area contributed by atoms with E-state index in [0.717, 1.165) is 19.4 Å². The smallest absolute Gasteiger partial charge is 0.150 e. The molecule has 2 unspecified atom stereocenters. The van der Waals surface area contributed by atoms with Gasteiger partial charge < -0.3 is 4.74 Å². The summed E-state index contributed by atoms with van der Waals surface area (Å²) in [7, 11) is -2.87. The molecule has 0 radical (unpaired) electrons. The minimum absolute atomic E-state index is 0. The van der Waals surface area contributed by atoms with Crippen molar-refractivity contribution >= 4 is 22.2 Å². The van der Waals surface area contributed by atoms with Crippen molar-refractivity contribution in [2.45, 2.75) is 39.3 Å². The third-order valence-electron chi connectivity index (χ3n) is 3.92. The number of sulfone groups is 1. The zero-order valence-corrected chi connectivity index (χ0v) is 13.0. The van der Waals surface area contributed by atoms with E-state index in [-0.39, 0.29) is 29.5 Å². The highest BCUT2D eigenvalue weighted by molar-refractivity contribution is 7.91. The van der Waals surface area contributed by atoms with Gasteiger partial charge in [0.15, 0.2) is 9.84 Å².